The fourth-order valence-corrected chi connectivity index (χ4v) is 1.54. The Morgan fingerprint density at radius 3 is 2.39 bits per heavy atom. The van der Waals surface area contributed by atoms with Crippen LogP contribution in [-0.2, 0) is 4.79 Å². The van der Waals surface area contributed by atoms with E-state index in [-0.39, 0.29) is 5.92 Å². The van der Waals surface area contributed by atoms with Crippen molar-refractivity contribution >= 4 is 11.9 Å². The van der Waals surface area contributed by atoms with Crippen LogP contribution in [0.2, 0.25) is 0 Å². The summed E-state index contributed by atoms with van der Waals surface area (Å²) in [5.74, 6) is -1.14. The number of hydrogen-bond acceptors (Lipinski definition) is 4. The topological polar surface area (TPSA) is 92.2 Å². The number of carbonyl (C=O) groups is 2. The van der Waals surface area contributed by atoms with Gasteiger partial charge in [-0.2, -0.15) is 0 Å². The molecule has 1 heterocycles. The highest BCUT2D eigenvalue weighted by molar-refractivity contribution is 5.97. The number of amides is 1. The molecule has 6 heteroatoms. The molecule has 0 aromatic carbocycles. The zero-order chi connectivity index (χ0) is 13.9. The summed E-state index contributed by atoms with van der Waals surface area (Å²) in [4.78, 5) is 31.0. The normalized spacial score (nSPS) is 12.3. The van der Waals surface area contributed by atoms with E-state index in [1.165, 1.54) is 6.20 Å². The van der Waals surface area contributed by atoms with Gasteiger partial charge in [0.15, 0.2) is 0 Å². The van der Waals surface area contributed by atoms with Gasteiger partial charge in [-0.25, -0.2) is 14.8 Å². The Morgan fingerprint density at radius 2 is 1.94 bits per heavy atom. The first-order chi connectivity index (χ1) is 8.32. The zero-order valence-corrected chi connectivity index (χ0v) is 10.9. The van der Waals surface area contributed by atoms with Crippen LogP contribution in [0.25, 0.3) is 0 Å². The van der Waals surface area contributed by atoms with Crippen LogP contribution in [0.1, 0.15) is 35.7 Å². The van der Waals surface area contributed by atoms with Crippen LogP contribution in [0.15, 0.2) is 6.20 Å². The van der Waals surface area contributed by atoms with Gasteiger partial charge in [-0.15, -0.1) is 0 Å². The van der Waals surface area contributed by atoms with E-state index in [1.54, 1.807) is 27.7 Å². The first-order valence-electron chi connectivity index (χ1n) is 5.66. The predicted octanol–water partition coefficient (Wildman–Crippen LogP) is 0.932. The molecule has 1 rings (SSSR count). The van der Waals surface area contributed by atoms with Gasteiger partial charge in [-0.1, -0.05) is 13.8 Å². The van der Waals surface area contributed by atoms with Crippen molar-refractivity contribution in [1.82, 2.24) is 15.3 Å². The molecule has 0 aliphatic carbocycles. The van der Waals surface area contributed by atoms with Crippen molar-refractivity contribution in [2.45, 2.75) is 33.7 Å². The van der Waals surface area contributed by atoms with Crippen molar-refractivity contribution in [1.29, 1.82) is 0 Å². The van der Waals surface area contributed by atoms with Crippen LogP contribution in [0.5, 0.6) is 0 Å². The summed E-state index contributed by atoms with van der Waals surface area (Å²) < 4.78 is 0. The summed E-state index contributed by atoms with van der Waals surface area (Å²) in [6.45, 7) is 6.88. The molecule has 1 aromatic rings. The Hall–Kier alpha value is -1.98. The molecular formula is C12H17N3O3. The third-order valence-corrected chi connectivity index (χ3v) is 2.56. The van der Waals surface area contributed by atoms with Crippen LogP contribution < -0.4 is 5.32 Å². The monoisotopic (exact) mass is 251 g/mol. The lowest BCUT2D eigenvalue weighted by molar-refractivity contribution is -0.140. The van der Waals surface area contributed by atoms with Gasteiger partial charge in [-0.05, 0) is 19.8 Å². The summed E-state index contributed by atoms with van der Waals surface area (Å²) in [5.41, 5.74) is 0.834. The van der Waals surface area contributed by atoms with Crippen molar-refractivity contribution in [2.75, 3.05) is 0 Å². The Balaban J connectivity index is 2.91. The zero-order valence-electron chi connectivity index (χ0n) is 10.9. The highest BCUT2D eigenvalue weighted by Crippen LogP contribution is 2.07. The molecule has 0 saturated heterocycles. The number of aromatic nitrogens is 2. The molecule has 0 radical (unpaired) electrons. The average Bonchev–Trinajstić information content (AvgIpc) is 2.24. The fraction of sp³-hybridized carbons (Fsp3) is 0.500. The molecule has 0 saturated carbocycles. The average molecular weight is 251 g/mol. The second-order valence-corrected chi connectivity index (χ2v) is 4.45. The summed E-state index contributed by atoms with van der Waals surface area (Å²) >= 11 is 0. The Kier molecular flexibility index (Phi) is 4.36. The number of carbonyl (C=O) groups excluding carboxylic acids is 1. The van der Waals surface area contributed by atoms with E-state index in [4.69, 9.17) is 5.11 Å². The maximum absolute atomic E-state index is 11.9. The minimum atomic E-state index is -1.05. The molecule has 0 unspecified atom stereocenters. The summed E-state index contributed by atoms with van der Waals surface area (Å²) in [5, 5.41) is 11.5. The number of nitrogens with zero attached hydrogens (tertiary/aromatic N) is 2. The maximum atomic E-state index is 11.9. The lowest BCUT2D eigenvalue weighted by Crippen LogP contribution is -2.44. The van der Waals surface area contributed by atoms with Crippen LogP contribution in [0.4, 0.5) is 0 Å². The third kappa shape index (κ3) is 3.26. The van der Waals surface area contributed by atoms with E-state index >= 15 is 0 Å². The second kappa shape index (κ2) is 5.57. The molecule has 2 N–H and O–H groups in total. The molecule has 1 amide bonds. The second-order valence-electron chi connectivity index (χ2n) is 4.45. The minimum absolute atomic E-state index is 0.196. The van der Waals surface area contributed by atoms with Gasteiger partial charge >= 0.3 is 5.97 Å². The number of hydrogen-bond donors (Lipinski definition) is 2. The highest BCUT2D eigenvalue weighted by atomic mass is 16.4. The molecule has 1 atom stereocenters. The predicted molar refractivity (Wildman–Crippen MR) is 65.2 cm³/mol. The Bertz CT molecular complexity index is 472. The van der Waals surface area contributed by atoms with Crippen LogP contribution in [-0.4, -0.2) is 33.0 Å². The van der Waals surface area contributed by atoms with Crippen molar-refractivity contribution in [2.24, 2.45) is 5.92 Å². The molecule has 0 bridgehead atoms. The summed E-state index contributed by atoms with van der Waals surface area (Å²) in [6, 6.07) is -0.918. The summed E-state index contributed by atoms with van der Waals surface area (Å²) in [6.07, 6.45) is 1.41. The van der Waals surface area contributed by atoms with Gasteiger partial charge in [0, 0.05) is 6.20 Å². The lowest BCUT2D eigenvalue weighted by Gasteiger charge is -2.18. The van der Waals surface area contributed by atoms with Gasteiger partial charge < -0.3 is 10.4 Å². The standard InChI is InChI=1S/C12H17N3O3/c1-6(2)10(12(17)18)15-11(16)9-5-13-8(4)14-7(9)3/h5-6,10H,1-4H3,(H,15,16)(H,17,18)/t10-/m0/s1. The molecule has 1 aromatic heterocycles. The van der Waals surface area contributed by atoms with Crippen molar-refractivity contribution < 1.29 is 14.7 Å². The van der Waals surface area contributed by atoms with Gasteiger partial charge in [-0.3, -0.25) is 4.79 Å². The summed E-state index contributed by atoms with van der Waals surface area (Å²) in [7, 11) is 0. The first-order valence-corrected chi connectivity index (χ1v) is 5.66. The highest BCUT2D eigenvalue weighted by Gasteiger charge is 2.24. The van der Waals surface area contributed by atoms with Crippen molar-refractivity contribution in [3.8, 4) is 0 Å². The maximum Gasteiger partial charge on any atom is 0.326 e. The number of aryl methyl sites for hydroxylation is 2. The van der Waals surface area contributed by atoms with E-state index < -0.39 is 17.9 Å². The number of carboxylic acids is 1. The molecule has 98 valence electrons. The van der Waals surface area contributed by atoms with Gasteiger partial charge in [0.2, 0.25) is 0 Å². The molecule has 0 fully saturated rings. The molecule has 6 nitrogen and oxygen atoms in total. The van der Waals surface area contributed by atoms with Crippen molar-refractivity contribution in [3.05, 3.63) is 23.3 Å². The van der Waals surface area contributed by atoms with Gasteiger partial charge in [0.1, 0.15) is 11.9 Å². The smallest absolute Gasteiger partial charge is 0.326 e. The van der Waals surface area contributed by atoms with Crippen LogP contribution in [0.3, 0.4) is 0 Å². The quantitative estimate of drug-likeness (QED) is 0.830. The first kappa shape index (κ1) is 14.1. The van der Waals surface area contributed by atoms with E-state index in [9.17, 15) is 9.59 Å². The molecule has 0 spiro atoms. The SMILES string of the molecule is Cc1ncc(C(=O)N[C@H](C(=O)O)C(C)C)c(C)n1. The number of carboxylic acid groups (broad SMARTS) is 1. The Morgan fingerprint density at radius 1 is 1.33 bits per heavy atom. The number of nitrogens with one attached hydrogen (secondary N) is 1. The molecule has 0 aliphatic heterocycles. The van der Waals surface area contributed by atoms with Crippen LogP contribution >= 0.6 is 0 Å². The van der Waals surface area contributed by atoms with E-state index in [0.717, 1.165) is 0 Å². The number of aliphatic carboxylic acids is 1. The minimum Gasteiger partial charge on any atom is -0.480 e. The molecule has 18 heavy (non-hydrogen) atoms. The van der Waals surface area contributed by atoms with Crippen LogP contribution in [0, 0.1) is 19.8 Å². The third-order valence-electron chi connectivity index (χ3n) is 2.56. The van der Waals surface area contributed by atoms with Gasteiger partial charge in [0.25, 0.3) is 5.91 Å². The van der Waals surface area contributed by atoms with E-state index in [2.05, 4.69) is 15.3 Å². The van der Waals surface area contributed by atoms with E-state index in [0.29, 0.717) is 17.1 Å². The van der Waals surface area contributed by atoms with E-state index in [1.807, 2.05) is 0 Å². The molecular weight excluding hydrogens is 234 g/mol. The van der Waals surface area contributed by atoms with Crippen molar-refractivity contribution in [3.63, 3.8) is 0 Å². The van der Waals surface area contributed by atoms with Gasteiger partial charge in [0.05, 0.1) is 11.3 Å². The molecule has 0 aliphatic rings. The Labute approximate surface area is 105 Å². The lowest BCUT2D eigenvalue weighted by atomic mass is 10.0. The largest absolute Gasteiger partial charge is 0.480 e. The fourth-order valence-electron chi connectivity index (χ4n) is 1.54. The number of rotatable bonds is 4.